The van der Waals surface area contributed by atoms with E-state index < -0.39 is 21.9 Å². The number of benzene rings is 1. The number of hydrogen-bond donors (Lipinski definition) is 0. The first-order chi connectivity index (χ1) is 13.8. The van der Waals surface area contributed by atoms with Gasteiger partial charge in [-0.1, -0.05) is 18.2 Å². The summed E-state index contributed by atoms with van der Waals surface area (Å²) in [5.74, 6) is -0.498. The van der Waals surface area contributed by atoms with E-state index in [2.05, 4.69) is 11.6 Å². The molecule has 1 aliphatic heterocycles. The second kappa shape index (κ2) is 8.37. The molecular weight excluding hydrogens is 421 g/mol. The Hall–Kier alpha value is -2.67. The molecule has 1 aromatic heterocycles. The Balaban J connectivity index is 1.84. The largest absolute Gasteiger partial charge is 0.490 e. The van der Waals surface area contributed by atoms with Gasteiger partial charge in [0.2, 0.25) is 0 Å². The summed E-state index contributed by atoms with van der Waals surface area (Å²) in [4.78, 5) is 3.87. The highest BCUT2D eigenvalue weighted by Gasteiger charge is 2.37. The molecule has 1 atom stereocenters. The molecule has 0 N–H and O–H groups in total. The van der Waals surface area contributed by atoms with Crippen LogP contribution in [0, 0.1) is 17.1 Å². The fourth-order valence-electron chi connectivity index (χ4n) is 2.79. The van der Waals surface area contributed by atoms with Crippen molar-refractivity contribution in [3.05, 3.63) is 59.0 Å². The molecule has 0 bridgehead atoms. The summed E-state index contributed by atoms with van der Waals surface area (Å²) in [6.07, 6.45) is 0.532. The lowest BCUT2D eigenvalue weighted by molar-refractivity contribution is 0.223. The zero-order valence-corrected chi connectivity index (χ0v) is 17.0. The van der Waals surface area contributed by atoms with Crippen LogP contribution in [0.3, 0.4) is 0 Å². The van der Waals surface area contributed by atoms with E-state index in [0.29, 0.717) is 10.6 Å². The van der Waals surface area contributed by atoms with Crippen molar-refractivity contribution in [2.24, 2.45) is 0 Å². The lowest BCUT2D eigenvalue weighted by atomic mass is 10.2. The Labute approximate surface area is 173 Å². The van der Waals surface area contributed by atoms with E-state index in [0.717, 1.165) is 6.07 Å². The van der Waals surface area contributed by atoms with Crippen LogP contribution in [0.15, 0.2) is 47.6 Å². The van der Waals surface area contributed by atoms with Crippen molar-refractivity contribution >= 4 is 21.6 Å². The Morgan fingerprint density at radius 2 is 2.17 bits per heavy atom. The highest BCUT2D eigenvalue weighted by molar-refractivity contribution is 7.89. The minimum Gasteiger partial charge on any atom is -0.490 e. The SMILES string of the molecule is C=C1CN(S(=O)(=O)c2ccc(Cl)cn2)C[C@@H]1Oc1cc(F)c(C#N)cc1OCC. The molecule has 1 fully saturated rings. The zero-order valence-electron chi connectivity index (χ0n) is 15.4. The lowest BCUT2D eigenvalue weighted by Gasteiger charge is -2.18. The molecule has 0 unspecified atom stereocenters. The molecule has 7 nitrogen and oxygen atoms in total. The van der Waals surface area contributed by atoms with Crippen molar-refractivity contribution in [2.45, 2.75) is 18.1 Å². The molecule has 0 aliphatic carbocycles. The van der Waals surface area contributed by atoms with Crippen LogP contribution in [0.25, 0.3) is 0 Å². The summed E-state index contributed by atoms with van der Waals surface area (Å²) >= 11 is 5.77. The maximum Gasteiger partial charge on any atom is 0.260 e. The van der Waals surface area contributed by atoms with Gasteiger partial charge >= 0.3 is 0 Å². The number of pyridine rings is 1. The summed E-state index contributed by atoms with van der Waals surface area (Å²) in [6, 6.07) is 6.80. The van der Waals surface area contributed by atoms with E-state index in [1.165, 1.54) is 28.7 Å². The third-order valence-corrected chi connectivity index (χ3v) is 6.18. The van der Waals surface area contributed by atoms with Gasteiger partial charge in [0, 0.05) is 24.9 Å². The van der Waals surface area contributed by atoms with E-state index in [1.807, 2.05) is 0 Å². The minimum atomic E-state index is -3.88. The number of aromatic nitrogens is 1. The second-order valence-corrected chi connectivity index (χ2v) is 8.52. The third-order valence-electron chi connectivity index (χ3n) is 4.23. The number of nitriles is 1. The van der Waals surface area contributed by atoms with Gasteiger partial charge in [-0.2, -0.15) is 9.57 Å². The van der Waals surface area contributed by atoms with Crippen molar-refractivity contribution in [3.63, 3.8) is 0 Å². The fourth-order valence-corrected chi connectivity index (χ4v) is 4.26. The summed E-state index contributed by atoms with van der Waals surface area (Å²) in [6.45, 7) is 5.89. The summed E-state index contributed by atoms with van der Waals surface area (Å²) in [5.41, 5.74) is 0.318. The monoisotopic (exact) mass is 437 g/mol. The maximum absolute atomic E-state index is 14.1. The van der Waals surface area contributed by atoms with E-state index in [9.17, 15) is 12.8 Å². The van der Waals surface area contributed by atoms with Gasteiger partial charge in [-0.05, 0) is 24.6 Å². The first-order valence-electron chi connectivity index (χ1n) is 8.58. The molecule has 10 heteroatoms. The normalized spacial score (nSPS) is 17.2. The van der Waals surface area contributed by atoms with Crippen LogP contribution < -0.4 is 9.47 Å². The number of nitrogens with zero attached hydrogens (tertiary/aromatic N) is 3. The Kier molecular flexibility index (Phi) is 6.07. The van der Waals surface area contributed by atoms with Crippen molar-refractivity contribution in [1.82, 2.24) is 9.29 Å². The number of rotatable bonds is 6. The van der Waals surface area contributed by atoms with Crippen molar-refractivity contribution in [3.8, 4) is 17.6 Å². The molecular formula is C19H17ClFN3O4S. The van der Waals surface area contributed by atoms with Crippen molar-refractivity contribution in [1.29, 1.82) is 5.26 Å². The van der Waals surface area contributed by atoms with Gasteiger partial charge in [0.25, 0.3) is 10.0 Å². The average Bonchev–Trinajstić information content (AvgIpc) is 3.05. The van der Waals surface area contributed by atoms with E-state index in [4.69, 9.17) is 26.3 Å². The quantitative estimate of drug-likeness (QED) is 0.644. The molecule has 1 aromatic carbocycles. The third kappa shape index (κ3) is 4.34. The smallest absolute Gasteiger partial charge is 0.260 e. The Morgan fingerprint density at radius 1 is 1.41 bits per heavy atom. The highest BCUT2D eigenvalue weighted by Crippen LogP contribution is 2.34. The molecule has 1 aliphatic rings. The minimum absolute atomic E-state index is 0.0278. The molecule has 2 heterocycles. The maximum atomic E-state index is 14.1. The van der Waals surface area contributed by atoms with Gasteiger partial charge in [0.1, 0.15) is 18.0 Å². The first-order valence-corrected chi connectivity index (χ1v) is 10.4. The standard InChI is InChI=1S/C19H17ClFN3O4S/c1-3-27-16-6-13(8-22)15(21)7-17(16)28-18-11-24(10-12(18)2)29(25,26)19-5-4-14(20)9-23-19/h4-7,9,18H,2-3,10-11H2,1H3/t18-/m0/s1. The molecule has 0 spiro atoms. The highest BCUT2D eigenvalue weighted by atomic mass is 35.5. The molecule has 152 valence electrons. The van der Waals surface area contributed by atoms with Crippen LogP contribution in [0.1, 0.15) is 12.5 Å². The lowest BCUT2D eigenvalue weighted by Crippen LogP contribution is -2.31. The molecule has 29 heavy (non-hydrogen) atoms. The zero-order chi connectivity index (χ0) is 21.2. The van der Waals surface area contributed by atoms with Crippen LogP contribution in [0.2, 0.25) is 5.02 Å². The number of halogens is 2. The summed E-state index contributed by atoms with van der Waals surface area (Å²) in [7, 11) is -3.88. The number of sulfonamides is 1. The number of ether oxygens (including phenoxy) is 2. The molecule has 0 radical (unpaired) electrons. The van der Waals surface area contributed by atoms with Crippen LogP contribution in [0.4, 0.5) is 4.39 Å². The van der Waals surface area contributed by atoms with Crippen LogP contribution >= 0.6 is 11.6 Å². The second-order valence-electron chi connectivity index (χ2n) is 6.20. The summed E-state index contributed by atoms with van der Waals surface area (Å²) in [5, 5.41) is 9.17. The van der Waals surface area contributed by atoms with E-state index in [1.54, 1.807) is 13.0 Å². The van der Waals surface area contributed by atoms with E-state index in [-0.39, 0.29) is 41.8 Å². The Bertz CT molecular complexity index is 1080. The first kappa shape index (κ1) is 21.0. The molecule has 0 saturated carbocycles. The predicted octanol–water partition coefficient (Wildman–Crippen LogP) is 3.15. The number of hydrogen-bond acceptors (Lipinski definition) is 6. The predicted molar refractivity (Wildman–Crippen MR) is 104 cm³/mol. The topological polar surface area (TPSA) is 92.5 Å². The average molecular weight is 438 g/mol. The van der Waals surface area contributed by atoms with Gasteiger partial charge in [-0.3, -0.25) is 0 Å². The van der Waals surface area contributed by atoms with E-state index >= 15 is 0 Å². The molecule has 2 aromatic rings. The molecule has 3 rings (SSSR count). The summed E-state index contributed by atoms with van der Waals surface area (Å²) < 4.78 is 52.1. The molecule has 0 amide bonds. The van der Waals surface area contributed by atoms with Crippen molar-refractivity contribution < 1.29 is 22.3 Å². The van der Waals surface area contributed by atoms with Crippen LogP contribution in [-0.2, 0) is 10.0 Å². The van der Waals surface area contributed by atoms with Gasteiger partial charge < -0.3 is 9.47 Å². The van der Waals surface area contributed by atoms with Gasteiger partial charge in [0.05, 0.1) is 23.7 Å². The van der Waals surface area contributed by atoms with Gasteiger partial charge in [-0.15, -0.1) is 0 Å². The van der Waals surface area contributed by atoms with Gasteiger partial charge in [0.15, 0.2) is 16.5 Å². The van der Waals surface area contributed by atoms with Gasteiger partial charge in [-0.25, -0.2) is 17.8 Å². The van der Waals surface area contributed by atoms with Crippen LogP contribution in [-0.4, -0.2) is 43.5 Å². The van der Waals surface area contributed by atoms with Crippen molar-refractivity contribution in [2.75, 3.05) is 19.7 Å². The van der Waals surface area contributed by atoms with Crippen LogP contribution in [0.5, 0.6) is 11.5 Å². The Morgan fingerprint density at radius 3 is 2.79 bits per heavy atom. The molecule has 1 saturated heterocycles. The fraction of sp³-hybridized carbons (Fsp3) is 0.263.